The molecular formula is C16H14N2. The summed E-state index contributed by atoms with van der Waals surface area (Å²) < 4.78 is 0. The highest BCUT2D eigenvalue weighted by atomic mass is 15.1. The Labute approximate surface area is 106 Å². The number of fused-ring (bicyclic) bond motifs is 1. The molecule has 3 rings (SSSR count). The Bertz CT molecular complexity index is 717. The average Bonchev–Trinajstić information content (AvgIpc) is 2.40. The van der Waals surface area contributed by atoms with Crippen molar-refractivity contribution in [3.63, 3.8) is 0 Å². The summed E-state index contributed by atoms with van der Waals surface area (Å²) in [6.07, 6.45) is 1.84. The fraction of sp³-hybridized carbons (Fsp3) is 0.125. The summed E-state index contributed by atoms with van der Waals surface area (Å²) in [7, 11) is 0. The van der Waals surface area contributed by atoms with Gasteiger partial charge in [-0.25, -0.2) is 0 Å². The molecule has 0 aliphatic carbocycles. The van der Waals surface area contributed by atoms with Gasteiger partial charge in [-0.3, -0.25) is 0 Å². The number of hydrogen-bond acceptors (Lipinski definition) is 2. The molecule has 0 bridgehead atoms. The van der Waals surface area contributed by atoms with E-state index in [2.05, 4.69) is 54.4 Å². The molecule has 1 aromatic heterocycles. The third-order valence-electron chi connectivity index (χ3n) is 3.32. The van der Waals surface area contributed by atoms with Crippen molar-refractivity contribution in [2.75, 3.05) is 0 Å². The first kappa shape index (κ1) is 10.9. The molecule has 88 valence electrons. The smallest absolute Gasteiger partial charge is 0.101 e. The predicted molar refractivity (Wildman–Crippen MR) is 74.4 cm³/mol. The minimum atomic E-state index is 0.967. The maximum atomic E-state index is 4.33. The van der Waals surface area contributed by atoms with Crippen LogP contribution in [0.3, 0.4) is 0 Å². The molecule has 0 saturated carbocycles. The molecular weight excluding hydrogens is 220 g/mol. The molecule has 0 N–H and O–H groups in total. The standard InChI is InChI=1S/C16H14N2/c1-11-6-3-4-8-13(11)16-14-9-5-7-12(2)15(14)10-17-18-16/h3-10H,1-2H3. The Balaban J connectivity index is 2.37. The predicted octanol–water partition coefficient (Wildman–Crippen LogP) is 3.91. The summed E-state index contributed by atoms with van der Waals surface area (Å²) >= 11 is 0. The van der Waals surface area contributed by atoms with E-state index in [0.717, 1.165) is 11.3 Å². The molecule has 0 fully saturated rings. The Hall–Kier alpha value is -2.22. The summed E-state index contributed by atoms with van der Waals surface area (Å²) in [5.41, 5.74) is 4.58. The molecule has 0 spiro atoms. The third-order valence-corrected chi connectivity index (χ3v) is 3.32. The topological polar surface area (TPSA) is 25.8 Å². The number of aryl methyl sites for hydroxylation is 2. The fourth-order valence-corrected chi connectivity index (χ4v) is 2.29. The van der Waals surface area contributed by atoms with Gasteiger partial charge in [-0.1, -0.05) is 42.5 Å². The minimum Gasteiger partial charge on any atom is -0.158 e. The summed E-state index contributed by atoms with van der Waals surface area (Å²) in [4.78, 5) is 0. The zero-order valence-corrected chi connectivity index (χ0v) is 10.5. The van der Waals surface area contributed by atoms with Crippen LogP contribution in [0.25, 0.3) is 22.0 Å². The number of rotatable bonds is 1. The quantitative estimate of drug-likeness (QED) is 0.638. The van der Waals surface area contributed by atoms with E-state index in [1.165, 1.54) is 21.9 Å². The summed E-state index contributed by atoms with van der Waals surface area (Å²) in [6.45, 7) is 4.21. The maximum absolute atomic E-state index is 4.33. The SMILES string of the molecule is Cc1ccccc1-c1nncc2c(C)cccc12. The van der Waals surface area contributed by atoms with Crippen molar-refractivity contribution in [1.29, 1.82) is 0 Å². The molecule has 0 radical (unpaired) electrons. The zero-order valence-electron chi connectivity index (χ0n) is 10.5. The summed E-state index contributed by atoms with van der Waals surface area (Å²) in [5, 5.41) is 10.8. The molecule has 2 heteroatoms. The lowest BCUT2D eigenvalue weighted by Gasteiger charge is -2.08. The van der Waals surface area contributed by atoms with E-state index in [1.807, 2.05) is 18.3 Å². The normalized spacial score (nSPS) is 10.8. The van der Waals surface area contributed by atoms with Crippen LogP contribution in [0, 0.1) is 13.8 Å². The second kappa shape index (κ2) is 4.22. The molecule has 2 nitrogen and oxygen atoms in total. The summed E-state index contributed by atoms with van der Waals surface area (Å²) in [6, 6.07) is 14.6. The van der Waals surface area contributed by atoms with Crippen LogP contribution < -0.4 is 0 Å². The van der Waals surface area contributed by atoms with E-state index in [0.29, 0.717) is 0 Å². The van der Waals surface area contributed by atoms with Gasteiger partial charge < -0.3 is 0 Å². The van der Waals surface area contributed by atoms with Crippen molar-refractivity contribution in [2.24, 2.45) is 0 Å². The van der Waals surface area contributed by atoms with Crippen molar-refractivity contribution < 1.29 is 0 Å². The number of hydrogen-bond donors (Lipinski definition) is 0. The molecule has 1 heterocycles. The molecule has 0 atom stereocenters. The van der Waals surface area contributed by atoms with Crippen LogP contribution in [0.15, 0.2) is 48.7 Å². The Morgan fingerprint density at radius 1 is 0.778 bits per heavy atom. The van der Waals surface area contributed by atoms with E-state index in [-0.39, 0.29) is 0 Å². The van der Waals surface area contributed by atoms with E-state index in [9.17, 15) is 0 Å². The zero-order chi connectivity index (χ0) is 12.5. The van der Waals surface area contributed by atoms with Crippen LogP contribution in [-0.2, 0) is 0 Å². The van der Waals surface area contributed by atoms with E-state index in [4.69, 9.17) is 0 Å². The Kier molecular flexibility index (Phi) is 2.56. The van der Waals surface area contributed by atoms with Crippen LogP contribution in [0.4, 0.5) is 0 Å². The Morgan fingerprint density at radius 3 is 2.39 bits per heavy atom. The van der Waals surface area contributed by atoms with Gasteiger partial charge in [0, 0.05) is 16.3 Å². The van der Waals surface area contributed by atoms with Crippen LogP contribution >= 0.6 is 0 Å². The monoisotopic (exact) mass is 234 g/mol. The van der Waals surface area contributed by atoms with Gasteiger partial charge in [0.2, 0.25) is 0 Å². The van der Waals surface area contributed by atoms with Gasteiger partial charge in [0.15, 0.2) is 0 Å². The van der Waals surface area contributed by atoms with E-state index < -0.39 is 0 Å². The van der Waals surface area contributed by atoms with Gasteiger partial charge in [-0.2, -0.15) is 5.10 Å². The van der Waals surface area contributed by atoms with Crippen LogP contribution in [0.1, 0.15) is 11.1 Å². The maximum Gasteiger partial charge on any atom is 0.101 e. The highest BCUT2D eigenvalue weighted by molar-refractivity contribution is 5.96. The van der Waals surface area contributed by atoms with Crippen molar-refractivity contribution in [1.82, 2.24) is 10.2 Å². The second-order valence-corrected chi connectivity index (χ2v) is 4.54. The molecule has 0 aliphatic heterocycles. The number of aromatic nitrogens is 2. The average molecular weight is 234 g/mol. The van der Waals surface area contributed by atoms with E-state index in [1.54, 1.807) is 0 Å². The van der Waals surface area contributed by atoms with Crippen molar-refractivity contribution >= 4 is 10.8 Å². The van der Waals surface area contributed by atoms with Crippen LogP contribution in [0.2, 0.25) is 0 Å². The number of nitrogens with zero attached hydrogens (tertiary/aromatic N) is 2. The third kappa shape index (κ3) is 1.66. The minimum absolute atomic E-state index is 0.967. The lowest BCUT2D eigenvalue weighted by molar-refractivity contribution is 1.05. The summed E-state index contributed by atoms with van der Waals surface area (Å²) in [5.74, 6) is 0. The fourth-order valence-electron chi connectivity index (χ4n) is 2.29. The first-order valence-corrected chi connectivity index (χ1v) is 6.04. The molecule has 0 unspecified atom stereocenters. The van der Waals surface area contributed by atoms with Crippen molar-refractivity contribution in [3.05, 3.63) is 59.8 Å². The van der Waals surface area contributed by atoms with Gasteiger partial charge in [-0.05, 0) is 25.0 Å². The molecule has 3 aromatic rings. The van der Waals surface area contributed by atoms with Gasteiger partial charge in [-0.15, -0.1) is 5.10 Å². The van der Waals surface area contributed by atoms with Gasteiger partial charge in [0.05, 0.1) is 6.20 Å². The molecule has 2 aromatic carbocycles. The molecule has 0 saturated heterocycles. The van der Waals surface area contributed by atoms with Crippen molar-refractivity contribution in [3.8, 4) is 11.3 Å². The molecule has 0 aliphatic rings. The van der Waals surface area contributed by atoms with Gasteiger partial charge >= 0.3 is 0 Å². The van der Waals surface area contributed by atoms with Gasteiger partial charge in [0.1, 0.15) is 5.69 Å². The van der Waals surface area contributed by atoms with Crippen LogP contribution in [0.5, 0.6) is 0 Å². The Morgan fingerprint density at radius 2 is 1.56 bits per heavy atom. The number of benzene rings is 2. The first-order chi connectivity index (χ1) is 8.77. The largest absolute Gasteiger partial charge is 0.158 e. The van der Waals surface area contributed by atoms with Crippen LogP contribution in [-0.4, -0.2) is 10.2 Å². The van der Waals surface area contributed by atoms with Gasteiger partial charge in [0.25, 0.3) is 0 Å². The lowest BCUT2D eigenvalue weighted by Crippen LogP contribution is -1.92. The van der Waals surface area contributed by atoms with E-state index >= 15 is 0 Å². The lowest BCUT2D eigenvalue weighted by atomic mass is 9.99. The highest BCUT2D eigenvalue weighted by Gasteiger charge is 2.08. The highest BCUT2D eigenvalue weighted by Crippen LogP contribution is 2.29. The molecule has 18 heavy (non-hydrogen) atoms. The molecule has 0 amide bonds. The first-order valence-electron chi connectivity index (χ1n) is 6.04. The second-order valence-electron chi connectivity index (χ2n) is 4.54. The van der Waals surface area contributed by atoms with Crippen molar-refractivity contribution in [2.45, 2.75) is 13.8 Å².